The van der Waals surface area contributed by atoms with Crippen LogP contribution in [0.5, 0.6) is 5.88 Å². The zero-order valence-electron chi connectivity index (χ0n) is 19.9. The maximum atomic E-state index is 15.3. The summed E-state index contributed by atoms with van der Waals surface area (Å²) in [5.74, 6) is -0.170. The lowest BCUT2D eigenvalue weighted by atomic mass is 10.0. The Labute approximate surface area is 208 Å². The Kier molecular flexibility index (Phi) is 5.87. The van der Waals surface area contributed by atoms with Crippen molar-refractivity contribution in [3.05, 3.63) is 30.2 Å². The van der Waals surface area contributed by atoms with Gasteiger partial charge in [0.1, 0.15) is 17.6 Å². The number of ether oxygens (including phenoxy) is 2. The van der Waals surface area contributed by atoms with Crippen LogP contribution in [0, 0.1) is 5.82 Å². The number of benzene rings is 1. The molecule has 14 heteroatoms. The van der Waals surface area contributed by atoms with Crippen molar-refractivity contribution in [1.29, 1.82) is 0 Å². The molecule has 0 atom stereocenters. The number of hydrogen-bond donors (Lipinski definition) is 1. The summed E-state index contributed by atoms with van der Waals surface area (Å²) < 4.78 is 67.0. The molecule has 2 fully saturated rings. The first kappa shape index (κ1) is 23.9. The van der Waals surface area contributed by atoms with E-state index in [0.29, 0.717) is 17.6 Å². The minimum atomic E-state index is -4.48. The van der Waals surface area contributed by atoms with Gasteiger partial charge >= 0.3 is 6.18 Å². The van der Waals surface area contributed by atoms with Crippen molar-refractivity contribution in [2.24, 2.45) is 0 Å². The number of aromatic nitrogens is 6. The predicted molar refractivity (Wildman–Crippen MR) is 125 cm³/mol. The number of nitrogens with one attached hydrogen (secondary N) is 1. The molecule has 0 unspecified atom stereocenters. The van der Waals surface area contributed by atoms with E-state index in [2.05, 4.69) is 30.6 Å². The van der Waals surface area contributed by atoms with E-state index in [0.717, 1.165) is 43.8 Å². The molecule has 6 rings (SSSR count). The van der Waals surface area contributed by atoms with E-state index in [-0.39, 0.29) is 34.0 Å². The molecule has 3 aromatic heterocycles. The zero-order chi connectivity index (χ0) is 25.7. The number of hydrogen-bond acceptors (Lipinski definition) is 8. The standard InChI is InChI=1S/C23H24F4N8O2/c1-36-21-20-19(13-2-3-17-18(8-13)35(32-30-17)12-23(25,26)27)16(24)9-34(20)31-22(29-21)28-14-4-6-33(7-5-14)15-10-37-11-15/h2-3,8-9,14-15H,4-7,10-12H2,1H3,(H,28,31). The van der Waals surface area contributed by atoms with Crippen molar-refractivity contribution < 1.29 is 27.0 Å². The van der Waals surface area contributed by atoms with Crippen LogP contribution in [0.2, 0.25) is 0 Å². The molecule has 0 radical (unpaired) electrons. The fraction of sp³-hybridized carbons (Fsp3) is 0.478. The Morgan fingerprint density at radius 2 is 1.97 bits per heavy atom. The minimum Gasteiger partial charge on any atom is -0.479 e. The minimum absolute atomic E-state index is 0.112. The number of alkyl halides is 3. The largest absolute Gasteiger partial charge is 0.479 e. The Morgan fingerprint density at radius 1 is 1.19 bits per heavy atom. The molecular weight excluding hydrogens is 496 g/mol. The summed E-state index contributed by atoms with van der Waals surface area (Å²) in [6, 6.07) is 5.14. The molecule has 37 heavy (non-hydrogen) atoms. The van der Waals surface area contributed by atoms with Gasteiger partial charge in [-0.25, -0.2) is 13.6 Å². The monoisotopic (exact) mass is 520 g/mol. The number of methoxy groups -OCH3 is 1. The number of likely N-dealkylation sites (tertiary alicyclic amines) is 1. The van der Waals surface area contributed by atoms with Gasteiger partial charge in [-0.3, -0.25) is 4.90 Å². The van der Waals surface area contributed by atoms with E-state index in [1.807, 2.05) is 0 Å². The van der Waals surface area contributed by atoms with Crippen molar-refractivity contribution >= 4 is 22.5 Å². The first-order chi connectivity index (χ1) is 17.8. The lowest BCUT2D eigenvalue weighted by Gasteiger charge is -2.41. The number of nitrogens with zero attached hydrogens (tertiary/aromatic N) is 7. The molecular formula is C23H24F4N8O2. The summed E-state index contributed by atoms with van der Waals surface area (Å²) in [4.78, 5) is 6.89. The molecule has 10 nitrogen and oxygen atoms in total. The van der Waals surface area contributed by atoms with Gasteiger partial charge < -0.3 is 14.8 Å². The fourth-order valence-electron chi connectivity index (χ4n) is 4.93. The SMILES string of the molecule is COc1nc(NC2CCN(C3COC3)CC2)nn2cc(F)c(-c3ccc4nnn(CC(F)(F)F)c4c3)c12. The van der Waals surface area contributed by atoms with Crippen molar-refractivity contribution in [3.63, 3.8) is 0 Å². The molecule has 4 aromatic rings. The smallest absolute Gasteiger partial charge is 0.408 e. The number of halogens is 4. The summed E-state index contributed by atoms with van der Waals surface area (Å²) in [5, 5.41) is 15.2. The van der Waals surface area contributed by atoms with Crippen molar-refractivity contribution in [1.82, 2.24) is 34.5 Å². The van der Waals surface area contributed by atoms with E-state index >= 15 is 4.39 Å². The molecule has 2 aliphatic heterocycles. The highest BCUT2D eigenvalue weighted by atomic mass is 19.4. The van der Waals surface area contributed by atoms with Crippen molar-refractivity contribution in [2.75, 3.05) is 38.7 Å². The van der Waals surface area contributed by atoms with E-state index in [4.69, 9.17) is 9.47 Å². The van der Waals surface area contributed by atoms with Gasteiger partial charge in [0, 0.05) is 19.1 Å². The Balaban J connectivity index is 1.31. The van der Waals surface area contributed by atoms with Gasteiger partial charge in [-0.1, -0.05) is 11.3 Å². The van der Waals surface area contributed by atoms with Crippen molar-refractivity contribution in [2.45, 2.75) is 37.6 Å². The molecule has 0 aliphatic carbocycles. The van der Waals surface area contributed by atoms with Gasteiger partial charge in [0.2, 0.25) is 11.8 Å². The first-order valence-corrected chi connectivity index (χ1v) is 11.9. The van der Waals surface area contributed by atoms with Crippen LogP contribution in [0.3, 0.4) is 0 Å². The predicted octanol–water partition coefficient (Wildman–Crippen LogP) is 3.13. The highest BCUT2D eigenvalue weighted by Gasteiger charge is 2.31. The second kappa shape index (κ2) is 9.10. The molecule has 2 aliphatic rings. The van der Waals surface area contributed by atoms with Crippen LogP contribution in [0.15, 0.2) is 24.4 Å². The maximum Gasteiger partial charge on any atom is 0.408 e. The number of piperidine rings is 1. The van der Waals surface area contributed by atoms with Crippen LogP contribution >= 0.6 is 0 Å². The van der Waals surface area contributed by atoms with Gasteiger partial charge in [-0.15, -0.1) is 10.2 Å². The third-order valence-electron chi connectivity index (χ3n) is 6.88. The maximum absolute atomic E-state index is 15.3. The van der Waals surface area contributed by atoms with Crippen molar-refractivity contribution in [3.8, 4) is 17.0 Å². The summed E-state index contributed by atoms with van der Waals surface area (Å²) in [5.41, 5.74) is 1.10. The molecule has 2 saturated heterocycles. The number of fused-ring (bicyclic) bond motifs is 2. The van der Waals surface area contributed by atoms with Gasteiger partial charge in [-0.2, -0.15) is 18.2 Å². The molecule has 0 bridgehead atoms. The lowest BCUT2D eigenvalue weighted by Crippen LogP contribution is -2.53. The Morgan fingerprint density at radius 3 is 2.65 bits per heavy atom. The van der Waals surface area contributed by atoms with Crippen LogP contribution in [0.25, 0.3) is 27.7 Å². The van der Waals surface area contributed by atoms with Gasteiger partial charge in [0.05, 0.1) is 43.6 Å². The Bertz CT molecular complexity index is 1440. The second-order valence-electron chi connectivity index (χ2n) is 9.30. The highest BCUT2D eigenvalue weighted by molar-refractivity contribution is 5.89. The third kappa shape index (κ3) is 4.55. The van der Waals surface area contributed by atoms with Gasteiger partial charge in [0.15, 0.2) is 5.82 Å². The van der Waals surface area contributed by atoms with E-state index in [9.17, 15) is 13.2 Å². The van der Waals surface area contributed by atoms with Crippen LogP contribution < -0.4 is 10.1 Å². The van der Waals surface area contributed by atoms with Crippen LogP contribution in [-0.2, 0) is 11.3 Å². The van der Waals surface area contributed by atoms with E-state index in [1.165, 1.54) is 30.0 Å². The summed E-state index contributed by atoms with van der Waals surface area (Å²) in [6.07, 6.45) is -1.46. The number of rotatable bonds is 6. The summed E-state index contributed by atoms with van der Waals surface area (Å²) in [6.45, 7) is 2.14. The van der Waals surface area contributed by atoms with Crippen LogP contribution in [-0.4, -0.2) is 86.2 Å². The van der Waals surface area contributed by atoms with Gasteiger partial charge in [-0.05, 0) is 30.5 Å². The first-order valence-electron chi connectivity index (χ1n) is 11.9. The summed E-state index contributed by atoms with van der Waals surface area (Å²) in [7, 11) is 1.42. The zero-order valence-corrected chi connectivity index (χ0v) is 19.9. The molecule has 1 N–H and O–H groups in total. The average Bonchev–Trinajstić information content (AvgIpc) is 3.37. The molecule has 0 saturated carbocycles. The van der Waals surface area contributed by atoms with Crippen LogP contribution in [0.4, 0.5) is 23.5 Å². The molecule has 5 heterocycles. The number of anilines is 1. The highest BCUT2D eigenvalue weighted by Crippen LogP contribution is 2.35. The Hall–Kier alpha value is -3.52. The van der Waals surface area contributed by atoms with E-state index in [1.54, 1.807) is 6.07 Å². The molecule has 1 aromatic carbocycles. The third-order valence-corrected chi connectivity index (χ3v) is 6.88. The lowest BCUT2D eigenvalue weighted by molar-refractivity contribution is -0.142. The van der Waals surface area contributed by atoms with Gasteiger partial charge in [0.25, 0.3) is 0 Å². The molecule has 0 spiro atoms. The molecule has 0 amide bonds. The second-order valence-corrected chi connectivity index (χ2v) is 9.30. The molecule has 196 valence electrons. The average molecular weight is 520 g/mol. The van der Waals surface area contributed by atoms with E-state index < -0.39 is 18.5 Å². The quantitative estimate of drug-likeness (QED) is 0.388. The fourth-order valence-corrected chi connectivity index (χ4v) is 4.93. The normalized spacial score (nSPS) is 18.0. The topological polar surface area (TPSA) is 94.6 Å². The van der Waals surface area contributed by atoms with Crippen LogP contribution in [0.1, 0.15) is 12.8 Å². The summed E-state index contributed by atoms with van der Waals surface area (Å²) >= 11 is 0.